The molecule has 0 fully saturated rings. The van der Waals surface area contributed by atoms with Crippen molar-refractivity contribution >= 4 is 0 Å². The van der Waals surface area contributed by atoms with E-state index in [0.717, 1.165) is 31.9 Å². The summed E-state index contributed by atoms with van der Waals surface area (Å²) < 4.78 is 5.44. The molecule has 19 heavy (non-hydrogen) atoms. The largest absolute Gasteiger partial charge is 0.468 e. The first kappa shape index (κ1) is 13.8. The predicted molar refractivity (Wildman–Crippen MR) is 75.6 cm³/mol. The first-order chi connectivity index (χ1) is 9.24. The number of pyridine rings is 1. The van der Waals surface area contributed by atoms with Crippen LogP contribution in [0.1, 0.15) is 11.3 Å². The van der Waals surface area contributed by atoms with E-state index in [1.165, 1.54) is 5.56 Å². The zero-order valence-corrected chi connectivity index (χ0v) is 11.6. The Morgan fingerprint density at radius 3 is 2.47 bits per heavy atom. The van der Waals surface area contributed by atoms with Gasteiger partial charge in [-0.15, -0.1) is 0 Å². The van der Waals surface area contributed by atoms with Crippen molar-refractivity contribution in [3.63, 3.8) is 0 Å². The van der Waals surface area contributed by atoms with E-state index in [4.69, 9.17) is 4.42 Å². The molecule has 0 saturated carbocycles. The van der Waals surface area contributed by atoms with Gasteiger partial charge in [-0.1, -0.05) is 0 Å². The minimum atomic E-state index is 0.836. The van der Waals surface area contributed by atoms with Crippen LogP contribution in [0.4, 0.5) is 0 Å². The molecule has 0 saturated heterocycles. The van der Waals surface area contributed by atoms with Gasteiger partial charge in [0.05, 0.1) is 12.8 Å². The quantitative estimate of drug-likeness (QED) is 0.763. The second-order valence-electron chi connectivity index (χ2n) is 4.95. The van der Waals surface area contributed by atoms with E-state index >= 15 is 0 Å². The van der Waals surface area contributed by atoms with Crippen LogP contribution in [0.3, 0.4) is 0 Å². The molecule has 0 aromatic carbocycles. The SMILES string of the molecule is CN(C)CCN(Cc1ccncc1)Cc1ccco1. The number of likely N-dealkylation sites (N-methyl/N-ethyl adjacent to an activating group) is 1. The molecule has 0 atom stereocenters. The first-order valence-corrected chi connectivity index (χ1v) is 6.52. The zero-order chi connectivity index (χ0) is 13.5. The molecule has 0 aliphatic rings. The molecule has 2 rings (SSSR count). The molecule has 102 valence electrons. The van der Waals surface area contributed by atoms with Crippen LogP contribution in [0, 0.1) is 0 Å². The minimum Gasteiger partial charge on any atom is -0.468 e. The van der Waals surface area contributed by atoms with Gasteiger partial charge < -0.3 is 9.32 Å². The van der Waals surface area contributed by atoms with Gasteiger partial charge in [0.1, 0.15) is 5.76 Å². The average Bonchev–Trinajstić information content (AvgIpc) is 2.90. The molecule has 0 bridgehead atoms. The summed E-state index contributed by atoms with van der Waals surface area (Å²) >= 11 is 0. The molecule has 0 aliphatic heterocycles. The van der Waals surface area contributed by atoms with Gasteiger partial charge in [-0.05, 0) is 43.9 Å². The van der Waals surface area contributed by atoms with E-state index in [2.05, 4.69) is 41.0 Å². The van der Waals surface area contributed by atoms with Gasteiger partial charge in [0.2, 0.25) is 0 Å². The molecule has 2 aromatic rings. The summed E-state index contributed by atoms with van der Waals surface area (Å²) in [4.78, 5) is 8.64. The molecule has 2 heterocycles. The lowest BCUT2D eigenvalue weighted by Crippen LogP contribution is -2.31. The van der Waals surface area contributed by atoms with E-state index in [1.807, 2.05) is 24.5 Å². The maximum Gasteiger partial charge on any atom is 0.117 e. The van der Waals surface area contributed by atoms with Crippen molar-refractivity contribution in [1.29, 1.82) is 0 Å². The van der Waals surface area contributed by atoms with E-state index in [-0.39, 0.29) is 0 Å². The summed E-state index contributed by atoms with van der Waals surface area (Å²) in [5.74, 6) is 1.01. The Morgan fingerprint density at radius 2 is 1.84 bits per heavy atom. The monoisotopic (exact) mass is 259 g/mol. The number of furan rings is 1. The summed E-state index contributed by atoms with van der Waals surface area (Å²) in [5, 5.41) is 0. The molecule has 0 N–H and O–H groups in total. The summed E-state index contributed by atoms with van der Waals surface area (Å²) in [7, 11) is 4.19. The smallest absolute Gasteiger partial charge is 0.117 e. The second-order valence-corrected chi connectivity index (χ2v) is 4.95. The number of rotatable bonds is 7. The Morgan fingerprint density at radius 1 is 1.05 bits per heavy atom. The highest BCUT2D eigenvalue weighted by Crippen LogP contribution is 2.09. The summed E-state index contributed by atoms with van der Waals surface area (Å²) in [6, 6.07) is 8.08. The topological polar surface area (TPSA) is 32.5 Å². The zero-order valence-electron chi connectivity index (χ0n) is 11.6. The maximum atomic E-state index is 5.44. The van der Waals surface area contributed by atoms with Crippen LogP contribution in [0.5, 0.6) is 0 Å². The Labute approximate surface area is 114 Å². The molecule has 0 spiro atoms. The van der Waals surface area contributed by atoms with Crippen LogP contribution < -0.4 is 0 Å². The van der Waals surface area contributed by atoms with Gasteiger partial charge in [-0.2, -0.15) is 0 Å². The Balaban J connectivity index is 1.97. The van der Waals surface area contributed by atoms with Crippen molar-refractivity contribution in [3.8, 4) is 0 Å². The van der Waals surface area contributed by atoms with E-state index < -0.39 is 0 Å². The fraction of sp³-hybridized carbons (Fsp3) is 0.400. The third kappa shape index (κ3) is 4.85. The molecule has 4 heteroatoms. The van der Waals surface area contributed by atoms with Crippen molar-refractivity contribution in [3.05, 3.63) is 54.2 Å². The van der Waals surface area contributed by atoms with E-state index in [0.29, 0.717) is 0 Å². The summed E-state index contributed by atoms with van der Waals surface area (Å²) in [6.07, 6.45) is 5.41. The standard InChI is InChI=1S/C15H21N3O/c1-17(2)9-10-18(13-15-4-3-11-19-15)12-14-5-7-16-8-6-14/h3-8,11H,9-10,12-13H2,1-2H3. The lowest BCUT2D eigenvalue weighted by molar-refractivity contribution is 0.211. The average molecular weight is 259 g/mol. The Hall–Kier alpha value is -1.65. The van der Waals surface area contributed by atoms with Crippen LogP contribution >= 0.6 is 0 Å². The third-order valence-electron chi connectivity index (χ3n) is 2.98. The highest BCUT2D eigenvalue weighted by Gasteiger charge is 2.09. The third-order valence-corrected chi connectivity index (χ3v) is 2.98. The summed E-state index contributed by atoms with van der Waals surface area (Å²) in [6.45, 7) is 3.79. The lowest BCUT2D eigenvalue weighted by atomic mass is 10.2. The van der Waals surface area contributed by atoms with Gasteiger partial charge >= 0.3 is 0 Å². The Bertz CT molecular complexity index is 454. The van der Waals surface area contributed by atoms with Crippen molar-refractivity contribution < 1.29 is 4.42 Å². The van der Waals surface area contributed by atoms with Crippen molar-refractivity contribution in [2.24, 2.45) is 0 Å². The maximum absolute atomic E-state index is 5.44. The number of nitrogens with zero attached hydrogens (tertiary/aromatic N) is 3. The molecule has 0 amide bonds. The van der Waals surface area contributed by atoms with Gasteiger partial charge in [0, 0.05) is 32.0 Å². The predicted octanol–water partition coefficient (Wildman–Crippen LogP) is 2.24. The van der Waals surface area contributed by atoms with E-state index in [9.17, 15) is 0 Å². The van der Waals surface area contributed by atoms with Crippen LogP contribution in [0.15, 0.2) is 47.3 Å². The number of aromatic nitrogens is 1. The molecule has 0 radical (unpaired) electrons. The molecule has 4 nitrogen and oxygen atoms in total. The molecular weight excluding hydrogens is 238 g/mol. The van der Waals surface area contributed by atoms with Crippen LogP contribution in [-0.4, -0.2) is 42.0 Å². The molecular formula is C15H21N3O. The fourth-order valence-electron chi connectivity index (χ4n) is 1.92. The second kappa shape index (κ2) is 7.07. The highest BCUT2D eigenvalue weighted by molar-refractivity contribution is 5.09. The number of hydrogen-bond donors (Lipinski definition) is 0. The summed E-state index contributed by atoms with van der Waals surface area (Å²) in [5.41, 5.74) is 1.28. The van der Waals surface area contributed by atoms with Crippen molar-refractivity contribution in [2.75, 3.05) is 27.2 Å². The van der Waals surface area contributed by atoms with Crippen LogP contribution in [0.25, 0.3) is 0 Å². The lowest BCUT2D eigenvalue weighted by Gasteiger charge is -2.23. The first-order valence-electron chi connectivity index (χ1n) is 6.52. The molecule has 0 unspecified atom stereocenters. The molecule has 0 aliphatic carbocycles. The Kier molecular flexibility index (Phi) is 5.12. The minimum absolute atomic E-state index is 0.836. The normalized spacial score (nSPS) is 11.4. The van der Waals surface area contributed by atoms with Crippen molar-refractivity contribution in [2.45, 2.75) is 13.1 Å². The van der Waals surface area contributed by atoms with E-state index in [1.54, 1.807) is 6.26 Å². The number of hydrogen-bond acceptors (Lipinski definition) is 4. The fourth-order valence-corrected chi connectivity index (χ4v) is 1.92. The van der Waals surface area contributed by atoms with Gasteiger partial charge in [0.15, 0.2) is 0 Å². The van der Waals surface area contributed by atoms with Gasteiger partial charge in [-0.3, -0.25) is 9.88 Å². The molecule has 2 aromatic heterocycles. The van der Waals surface area contributed by atoms with Gasteiger partial charge in [0.25, 0.3) is 0 Å². The van der Waals surface area contributed by atoms with Crippen LogP contribution in [0.2, 0.25) is 0 Å². The van der Waals surface area contributed by atoms with Gasteiger partial charge in [-0.25, -0.2) is 0 Å². The van der Waals surface area contributed by atoms with Crippen LogP contribution in [-0.2, 0) is 13.1 Å². The highest BCUT2D eigenvalue weighted by atomic mass is 16.3. The van der Waals surface area contributed by atoms with Crippen molar-refractivity contribution in [1.82, 2.24) is 14.8 Å².